The van der Waals surface area contributed by atoms with Crippen molar-refractivity contribution in [2.45, 2.75) is 31.1 Å². The van der Waals surface area contributed by atoms with Crippen LogP contribution >= 0.6 is 0 Å². The number of pyridine rings is 1. The summed E-state index contributed by atoms with van der Waals surface area (Å²) in [7, 11) is -3.26. The average Bonchev–Trinajstić information content (AvgIpc) is 3.00. The lowest BCUT2D eigenvalue weighted by molar-refractivity contribution is 0.0974. The van der Waals surface area contributed by atoms with Crippen molar-refractivity contribution >= 4 is 26.7 Å². The van der Waals surface area contributed by atoms with E-state index < -0.39 is 9.84 Å². The molecule has 2 heterocycles. The number of carbonyl (C=O) groups excluding carboxylic acids is 1. The molecule has 0 atom stereocenters. The molecule has 1 aromatic carbocycles. The molecule has 1 aliphatic rings. The predicted molar refractivity (Wildman–Crippen MR) is 96.5 cm³/mol. The Balaban J connectivity index is 1.87. The Bertz CT molecular complexity index is 1100. The third-order valence-corrected chi connectivity index (χ3v) is 6.48. The van der Waals surface area contributed by atoms with Crippen LogP contribution in [0.5, 0.6) is 0 Å². The summed E-state index contributed by atoms with van der Waals surface area (Å²) in [5, 5.41) is 0.820. The standard InChI is InChI=1S/C19H18N2O3S/c1-2-25(23,24)14-6-3-5-12(9-14)13-10-15-18-16(7-4-8-17(18)22)21-19(15)20-11-13/h3,5-6,9-11H,2,4,7-8H2,1H3,(H,20,21). The fraction of sp³-hybridized carbons (Fsp3) is 0.263. The summed E-state index contributed by atoms with van der Waals surface area (Å²) < 4.78 is 24.2. The van der Waals surface area contributed by atoms with E-state index in [1.807, 2.05) is 12.1 Å². The number of benzene rings is 1. The quantitative estimate of drug-likeness (QED) is 0.780. The summed E-state index contributed by atoms with van der Waals surface area (Å²) in [5.41, 5.74) is 4.00. The number of nitrogens with one attached hydrogen (secondary N) is 1. The van der Waals surface area contributed by atoms with Crippen molar-refractivity contribution in [3.63, 3.8) is 0 Å². The molecule has 0 amide bonds. The summed E-state index contributed by atoms with van der Waals surface area (Å²) in [6, 6.07) is 8.80. The van der Waals surface area contributed by atoms with Gasteiger partial charge in [-0.25, -0.2) is 13.4 Å². The minimum Gasteiger partial charge on any atom is -0.343 e. The van der Waals surface area contributed by atoms with Gasteiger partial charge in [-0.2, -0.15) is 0 Å². The van der Waals surface area contributed by atoms with Crippen LogP contribution in [0.2, 0.25) is 0 Å². The molecule has 0 aliphatic heterocycles. The van der Waals surface area contributed by atoms with Gasteiger partial charge in [0.05, 0.1) is 10.6 Å². The zero-order valence-corrected chi connectivity index (χ0v) is 14.7. The molecule has 0 saturated heterocycles. The van der Waals surface area contributed by atoms with Gasteiger partial charge in [0.1, 0.15) is 5.65 Å². The third-order valence-electron chi connectivity index (χ3n) is 4.74. The highest BCUT2D eigenvalue weighted by molar-refractivity contribution is 7.91. The highest BCUT2D eigenvalue weighted by atomic mass is 32.2. The van der Waals surface area contributed by atoms with E-state index in [9.17, 15) is 13.2 Å². The summed E-state index contributed by atoms with van der Waals surface area (Å²) in [6.45, 7) is 1.63. The lowest BCUT2D eigenvalue weighted by Crippen LogP contribution is -2.09. The van der Waals surface area contributed by atoms with E-state index >= 15 is 0 Å². The maximum absolute atomic E-state index is 12.3. The highest BCUT2D eigenvalue weighted by Crippen LogP contribution is 2.31. The van der Waals surface area contributed by atoms with Crippen molar-refractivity contribution in [3.8, 4) is 11.1 Å². The molecule has 0 fully saturated rings. The molecule has 1 N–H and O–H groups in total. The molecule has 2 aromatic heterocycles. The van der Waals surface area contributed by atoms with Crippen molar-refractivity contribution < 1.29 is 13.2 Å². The van der Waals surface area contributed by atoms with Crippen LogP contribution in [-0.2, 0) is 16.3 Å². The first-order chi connectivity index (χ1) is 12.0. The van der Waals surface area contributed by atoms with E-state index in [-0.39, 0.29) is 11.5 Å². The topological polar surface area (TPSA) is 79.9 Å². The second-order valence-corrected chi connectivity index (χ2v) is 8.58. The molecular formula is C19H18N2O3S. The van der Waals surface area contributed by atoms with Gasteiger partial charge in [-0.05, 0) is 36.6 Å². The van der Waals surface area contributed by atoms with Crippen LogP contribution < -0.4 is 0 Å². The number of aryl methyl sites for hydroxylation is 1. The molecule has 0 radical (unpaired) electrons. The lowest BCUT2D eigenvalue weighted by atomic mass is 9.94. The Morgan fingerprint density at radius 3 is 2.80 bits per heavy atom. The van der Waals surface area contributed by atoms with E-state index in [1.54, 1.807) is 31.3 Å². The van der Waals surface area contributed by atoms with Gasteiger partial charge in [0.2, 0.25) is 0 Å². The zero-order valence-electron chi connectivity index (χ0n) is 13.9. The minimum absolute atomic E-state index is 0.0631. The largest absolute Gasteiger partial charge is 0.343 e. The van der Waals surface area contributed by atoms with E-state index in [0.29, 0.717) is 17.0 Å². The number of hydrogen-bond donors (Lipinski definition) is 1. The van der Waals surface area contributed by atoms with E-state index in [1.165, 1.54) is 0 Å². The number of sulfone groups is 1. The maximum atomic E-state index is 12.3. The molecule has 128 valence electrons. The number of H-pyrrole nitrogens is 1. The van der Waals surface area contributed by atoms with Gasteiger partial charge in [0, 0.05) is 34.8 Å². The first-order valence-corrected chi connectivity index (χ1v) is 10.0. The van der Waals surface area contributed by atoms with Crippen molar-refractivity contribution in [1.82, 2.24) is 9.97 Å². The molecule has 1 aliphatic carbocycles. The number of carbonyl (C=O) groups is 1. The Morgan fingerprint density at radius 2 is 2.00 bits per heavy atom. The summed E-state index contributed by atoms with van der Waals surface area (Å²) in [5.74, 6) is 0.210. The Morgan fingerprint density at radius 1 is 1.16 bits per heavy atom. The van der Waals surface area contributed by atoms with Crippen molar-refractivity contribution in [2.24, 2.45) is 0 Å². The Labute approximate surface area is 146 Å². The van der Waals surface area contributed by atoms with Gasteiger partial charge in [-0.15, -0.1) is 0 Å². The van der Waals surface area contributed by atoms with E-state index in [4.69, 9.17) is 0 Å². The molecule has 3 aromatic rings. The average molecular weight is 354 g/mol. The second kappa shape index (κ2) is 5.81. The molecule has 0 unspecified atom stereocenters. The number of hydrogen-bond acceptors (Lipinski definition) is 4. The summed E-state index contributed by atoms with van der Waals surface area (Å²) in [4.78, 5) is 20.3. The summed E-state index contributed by atoms with van der Waals surface area (Å²) in [6.07, 6.45) is 4.00. The molecule has 5 nitrogen and oxygen atoms in total. The van der Waals surface area contributed by atoms with Crippen LogP contribution in [0.15, 0.2) is 41.4 Å². The maximum Gasteiger partial charge on any atom is 0.178 e. The van der Waals surface area contributed by atoms with Gasteiger partial charge >= 0.3 is 0 Å². The number of rotatable bonds is 3. The van der Waals surface area contributed by atoms with Crippen LogP contribution in [-0.4, -0.2) is 29.9 Å². The molecule has 4 rings (SSSR count). The van der Waals surface area contributed by atoms with Crippen molar-refractivity contribution in [1.29, 1.82) is 0 Å². The van der Waals surface area contributed by atoms with Crippen LogP contribution in [0.4, 0.5) is 0 Å². The molecule has 6 heteroatoms. The number of fused-ring (bicyclic) bond motifs is 3. The monoisotopic (exact) mass is 354 g/mol. The van der Waals surface area contributed by atoms with Gasteiger partial charge in [0.25, 0.3) is 0 Å². The lowest BCUT2D eigenvalue weighted by Gasteiger charge is -2.09. The fourth-order valence-electron chi connectivity index (χ4n) is 3.37. The zero-order chi connectivity index (χ0) is 17.6. The SMILES string of the molecule is CCS(=O)(=O)c1cccc(-c2cnc3[nH]c4c(c3c2)C(=O)CCC4)c1. The van der Waals surface area contributed by atoms with Gasteiger partial charge in [-0.1, -0.05) is 19.1 Å². The van der Waals surface area contributed by atoms with Crippen LogP contribution in [0.25, 0.3) is 22.2 Å². The first-order valence-electron chi connectivity index (χ1n) is 8.36. The van der Waals surface area contributed by atoms with Crippen LogP contribution in [0.1, 0.15) is 35.8 Å². The Kier molecular flexibility index (Phi) is 3.72. The van der Waals surface area contributed by atoms with E-state index in [2.05, 4.69) is 9.97 Å². The van der Waals surface area contributed by atoms with Crippen LogP contribution in [0, 0.1) is 0 Å². The number of aromatic amines is 1. The minimum atomic E-state index is -3.26. The smallest absolute Gasteiger partial charge is 0.178 e. The Hall–Kier alpha value is -2.47. The summed E-state index contributed by atoms with van der Waals surface area (Å²) >= 11 is 0. The molecule has 25 heavy (non-hydrogen) atoms. The first kappa shape index (κ1) is 16.0. The molecule has 0 bridgehead atoms. The number of Topliss-reactive ketones (excluding diaryl/α,β-unsaturated/α-hetero) is 1. The highest BCUT2D eigenvalue weighted by Gasteiger charge is 2.23. The molecular weight excluding hydrogens is 336 g/mol. The van der Waals surface area contributed by atoms with Crippen molar-refractivity contribution in [3.05, 3.63) is 47.8 Å². The third kappa shape index (κ3) is 2.66. The van der Waals surface area contributed by atoms with Crippen LogP contribution in [0.3, 0.4) is 0 Å². The van der Waals surface area contributed by atoms with Gasteiger partial charge in [-0.3, -0.25) is 4.79 Å². The van der Waals surface area contributed by atoms with Gasteiger partial charge in [0.15, 0.2) is 15.6 Å². The molecule has 0 saturated carbocycles. The van der Waals surface area contributed by atoms with Gasteiger partial charge < -0.3 is 4.98 Å². The van der Waals surface area contributed by atoms with Crippen molar-refractivity contribution in [2.75, 3.05) is 5.75 Å². The number of aromatic nitrogens is 2. The normalized spacial score (nSPS) is 14.7. The second-order valence-electron chi connectivity index (χ2n) is 6.31. The predicted octanol–water partition coefficient (Wildman–Crippen LogP) is 3.54. The number of nitrogens with zero attached hydrogens (tertiary/aromatic N) is 1. The number of ketones is 1. The van der Waals surface area contributed by atoms with E-state index in [0.717, 1.165) is 40.6 Å². The fourth-order valence-corrected chi connectivity index (χ4v) is 4.30. The molecule has 0 spiro atoms.